The van der Waals surface area contributed by atoms with Gasteiger partial charge in [0.2, 0.25) is 0 Å². The molecule has 3 N–H and O–H groups in total. The van der Waals surface area contributed by atoms with Gasteiger partial charge in [0.15, 0.2) is 0 Å². The second-order valence-corrected chi connectivity index (χ2v) is 5.51. The lowest BCUT2D eigenvalue weighted by atomic mass is 10.1. The molecule has 1 unspecified atom stereocenters. The van der Waals surface area contributed by atoms with Gasteiger partial charge in [-0.3, -0.25) is 20.6 Å². The van der Waals surface area contributed by atoms with Crippen LogP contribution in [0.15, 0.2) is 18.3 Å². The fraction of sp³-hybridized carbons (Fsp3) is 0.600. The van der Waals surface area contributed by atoms with Crippen LogP contribution in [0.2, 0.25) is 0 Å². The van der Waals surface area contributed by atoms with Gasteiger partial charge in [-0.05, 0) is 31.9 Å². The molecule has 6 heteroatoms. The molecular weight excluding hydrogens is 264 g/mol. The number of hydrazine groups is 1. The summed E-state index contributed by atoms with van der Waals surface area (Å²) in [4.78, 5) is 0. The predicted molar refractivity (Wildman–Crippen MR) is 83.6 cm³/mol. The highest BCUT2D eigenvalue weighted by Gasteiger charge is 2.17. The van der Waals surface area contributed by atoms with E-state index in [2.05, 4.69) is 47.4 Å². The standard InChI is InChI=1S/C15H26N6/c1-5-13(6-2)21-8-7-12(19-21)10-14(17-16)15-9-11(3)18-20(15)4/h7-9,13-14,17H,5-6,10,16H2,1-4H3. The highest BCUT2D eigenvalue weighted by Crippen LogP contribution is 2.19. The average molecular weight is 290 g/mol. The summed E-state index contributed by atoms with van der Waals surface area (Å²) in [6, 6.07) is 4.62. The van der Waals surface area contributed by atoms with Crippen LogP contribution in [0, 0.1) is 6.92 Å². The van der Waals surface area contributed by atoms with Crippen LogP contribution in [0.5, 0.6) is 0 Å². The summed E-state index contributed by atoms with van der Waals surface area (Å²) in [5, 5.41) is 9.07. The first kappa shape index (κ1) is 15.7. The molecule has 2 aromatic heterocycles. The minimum atomic E-state index is 0.0150. The van der Waals surface area contributed by atoms with Crippen LogP contribution in [0.1, 0.15) is 55.9 Å². The summed E-state index contributed by atoms with van der Waals surface area (Å²) >= 11 is 0. The zero-order valence-corrected chi connectivity index (χ0v) is 13.4. The molecule has 0 aliphatic carbocycles. The lowest BCUT2D eigenvalue weighted by molar-refractivity contribution is 0.421. The molecule has 2 aromatic rings. The smallest absolute Gasteiger partial charge is 0.0685 e. The van der Waals surface area contributed by atoms with E-state index in [-0.39, 0.29) is 6.04 Å². The summed E-state index contributed by atoms with van der Waals surface area (Å²) in [6.45, 7) is 6.37. The van der Waals surface area contributed by atoms with E-state index >= 15 is 0 Å². The molecule has 0 fully saturated rings. The molecular formula is C15H26N6. The SMILES string of the molecule is CCC(CC)n1ccc(CC(NN)c2cc(C)nn2C)n1. The maximum absolute atomic E-state index is 5.72. The second kappa shape index (κ2) is 6.87. The Kier molecular flexibility index (Phi) is 5.14. The van der Waals surface area contributed by atoms with Crippen molar-refractivity contribution in [2.75, 3.05) is 0 Å². The minimum absolute atomic E-state index is 0.0150. The van der Waals surface area contributed by atoms with E-state index in [1.165, 1.54) is 0 Å². The monoisotopic (exact) mass is 290 g/mol. The molecule has 6 nitrogen and oxygen atoms in total. The molecule has 21 heavy (non-hydrogen) atoms. The number of aromatic nitrogens is 4. The van der Waals surface area contributed by atoms with E-state index in [9.17, 15) is 0 Å². The first-order valence-electron chi connectivity index (χ1n) is 7.59. The Labute approximate surface area is 126 Å². The number of aryl methyl sites for hydroxylation is 2. The molecule has 0 aliphatic heterocycles. The van der Waals surface area contributed by atoms with Crippen molar-refractivity contribution in [3.8, 4) is 0 Å². The first-order valence-corrected chi connectivity index (χ1v) is 7.59. The van der Waals surface area contributed by atoms with Gasteiger partial charge < -0.3 is 0 Å². The third-order valence-corrected chi connectivity index (χ3v) is 3.99. The lowest BCUT2D eigenvalue weighted by Crippen LogP contribution is -2.31. The Morgan fingerprint density at radius 3 is 2.52 bits per heavy atom. The van der Waals surface area contributed by atoms with Crippen molar-refractivity contribution >= 4 is 0 Å². The van der Waals surface area contributed by atoms with Crippen molar-refractivity contribution in [3.63, 3.8) is 0 Å². The van der Waals surface area contributed by atoms with Crippen molar-refractivity contribution in [2.45, 2.75) is 52.1 Å². The molecule has 0 spiro atoms. The number of rotatable bonds is 7. The van der Waals surface area contributed by atoms with Crippen molar-refractivity contribution in [2.24, 2.45) is 12.9 Å². The Bertz CT molecular complexity index is 566. The number of nitrogens with two attached hydrogens (primary N) is 1. The first-order chi connectivity index (χ1) is 10.1. The van der Waals surface area contributed by atoms with Crippen molar-refractivity contribution < 1.29 is 0 Å². The Hall–Kier alpha value is -1.66. The predicted octanol–water partition coefficient (Wildman–Crippen LogP) is 2.03. The Morgan fingerprint density at radius 1 is 1.29 bits per heavy atom. The summed E-state index contributed by atoms with van der Waals surface area (Å²) in [7, 11) is 1.94. The van der Waals surface area contributed by atoms with Crippen LogP contribution in [-0.4, -0.2) is 19.6 Å². The maximum atomic E-state index is 5.72. The normalized spacial score (nSPS) is 13.0. The largest absolute Gasteiger partial charge is 0.271 e. The molecule has 0 radical (unpaired) electrons. The van der Waals surface area contributed by atoms with E-state index in [1.54, 1.807) is 0 Å². The van der Waals surface area contributed by atoms with E-state index in [4.69, 9.17) is 10.9 Å². The molecule has 0 saturated carbocycles. The molecule has 0 aliphatic rings. The zero-order chi connectivity index (χ0) is 15.4. The molecule has 0 bridgehead atoms. The van der Waals surface area contributed by atoms with Gasteiger partial charge in [0, 0.05) is 19.7 Å². The van der Waals surface area contributed by atoms with E-state index in [1.807, 2.05) is 18.7 Å². The fourth-order valence-electron chi connectivity index (χ4n) is 2.77. The Balaban J connectivity index is 2.14. The summed E-state index contributed by atoms with van der Waals surface area (Å²) in [6.07, 6.45) is 5.01. The van der Waals surface area contributed by atoms with E-state index < -0.39 is 0 Å². The number of hydrogen-bond donors (Lipinski definition) is 2. The fourth-order valence-corrected chi connectivity index (χ4v) is 2.77. The third-order valence-electron chi connectivity index (χ3n) is 3.99. The third kappa shape index (κ3) is 3.51. The van der Waals surface area contributed by atoms with E-state index in [0.29, 0.717) is 6.04 Å². The van der Waals surface area contributed by atoms with Crippen LogP contribution in [0.4, 0.5) is 0 Å². The van der Waals surface area contributed by atoms with Crippen LogP contribution in [-0.2, 0) is 13.5 Å². The van der Waals surface area contributed by atoms with Crippen LogP contribution < -0.4 is 11.3 Å². The molecule has 1 atom stereocenters. The van der Waals surface area contributed by atoms with Gasteiger partial charge in [-0.25, -0.2) is 0 Å². The molecule has 2 rings (SSSR count). The van der Waals surface area contributed by atoms with E-state index in [0.717, 1.165) is 36.3 Å². The van der Waals surface area contributed by atoms with Gasteiger partial charge in [-0.15, -0.1) is 0 Å². The number of hydrogen-bond acceptors (Lipinski definition) is 4. The van der Waals surface area contributed by atoms with Crippen LogP contribution >= 0.6 is 0 Å². The van der Waals surface area contributed by atoms with Gasteiger partial charge in [0.25, 0.3) is 0 Å². The summed E-state index contributed by atoms with van der Waals surface area (Å²) in [5.74, 6) is 5.72. The van der Waals surface area contributed by atoms with Gasteiger partial charge in [0.1, 0.15) is 0 Å². The topological polar surface area (TPSA) is 73.7 Å². The quantitative estimate of drug-likeness (QED) is 0.604. The van der Waals surface area contributed by atoms with Gasteiger partial charge >= 0.3 is 0 Å². The number of nitrogens with one attached hydrogen (secondary N) is 1. The maximum Gasteiger partial charge on any atom is 0.0685 e. The summed E-state index contributed by atoms with van der Waals surface area (Å²) in [5.41, 5.74) is 5.99. The van der Waals surface area contributed by atoms with Crippen molar-refractivity contribution in [1.29, 1.82) is 0 Å². The van der Waals surface area contributed by atoms with Crippen LogP contribution in [0.25, 0.3) is 0 Å². The molecule has 0 saturated heterocycles. The molecule has 116 valence electrons. The van der Waals surface area contributed by atoms with Crippen LogP contribution in [0.3, 0.4) is 0 Å². The highest BCUT2D eigenvalue weighted by atomic mass is 15.3. The van der Waals surface area contributed by atoms with Crippen molar-refractivity contribution in [3.05, 3.63) is 35.4 Å². The minimum Gasteiger partial charge on any atom is -0.271 e. The number of nitrogens with zero attached hydrogens (tertiary/aromatic N) is 4. The zero-order valence-electron chi connectivity index (χ0n) is 13.4. The molecule has 2 heterocycles. The summed E-state index contributed by atoms with van der Waals surface area (Å²) < 4.78 is 3.94. The molecule has 0 aromatic carbocycles. The van der Waals surface area contributed by atoms with Gasteiger partial charge in [0.05, 0.1) is 29.2 Å². The Morgan fingerprint density at radius 2 is 2.00 bits per heavy atom. The van der Waals surface area contributed by atoms with Gasteiger partial charge in [-0.1, -0.05) is 13.8 Å². The van der Waals surface area contributed by atoms with Crippen molar-refractivity contribution in [1.82, 2.24) is 25.0 Å². The van der Waals surface area contributed by atoms with Gasteiger partial charge in [-0.2, -0.15) is 10.2 Å². The molecule has 0 amide bonds. The second-order valence-electron chi connectivity index (χ2n) is 5.51. The lowest BCUT2D eigenvalue weighted by Gasteiger charge is -2.15. The highest BCUT2D eigenvalue weighted by molar-refractivity contribution is 5.16. The average Bonchev–Trinajstić information content (AvgIpc) is 3.04.